The first-order chi connectivity index (χ1) is 3.00. The summed E-state index contributed by atoms with van der Waals surface area (Å²) < 4.78 is 0. The summed E-state index contributed by atoms with van der Waals surface area (Å²) in [5.74, 6) is 0. The molecule has 0 amide bonds. The van der Waals surface area contributed by atoms with Gasteiger partial charge in [-0.3, -0.25) is 0 Å². The van der Waals surface area contributed by atoms with Crippen molar-refractivity contribution in [2.75, 3.05) is 26.2 Å². The summed E-state index contributed by atoms with van der Waals surface area (Å²) in [5.41, 5.74) is 0. The van der Waals surface area contributed by atoms with Crippen LogP contribution in [0.1, 0.15) is 1.43 Å². The Morgan fingerprint density at radius 1 is 0.833 bits per heavy atom. The summed E-state index contributed by atoms with van der Waals surface area (Å²) >= 11 is 0. The minimum absolute atomic E-state index is 0. The fourth-order valence-electron chi connectivity index (χ4n) is 0.604. The Labute approximate surface area is 39.4 Å². The Morgan fingerprint density at radius 3 is 1.33 bits per heavy atom. The molecule has 0 saturated carbocycles. The van der Waals surface area contributed by atoms with Crippen molar-refractivity contribution in [1.82, 2.24) is 10.6 Å². The monoisotopic (exact) mass is 87.1 g/mol. The van der Waals surface area contributed by atoms with Crippen LogP contribution in [0.4, 0.5) is 0 Å². The third-order valence-corrected chi connectivity index (χ3v) is 0.957. The van der Waals surface area contributed by atoms with Crippen molar-refractivity contribution in [3.05, 3.63) is 0 Å². The number of nitrogens with one attached hydrogen (secondary N) is 2. The van der Waals surface area contributed by atoms with Crippen molar-refractivity contribution in [3.8, 4) is 0 Å². The highest BCUT2D eigenvalue weighted by Crippen LogP contribution is 1.65. The van der Waals surface area contributed by atoms with Crippen molar-refractivity contribution >= 4 is 0 Å². The molecule has 0 aliphatic carbocycles. The van der Waals surface area contributed by atoms with Crippen LogP contribution in [0.15, 0.2) is 0 Å². The molecule has 2 nitrogen and oxygen atoms in total. The minimum atomic E-state index is 0. The lowest BCUT2D eigenvalue weighted by molar-refractivity contribution is 0.534. The van der Waals surface area contributed by atoms with Crippen molar-refractivity contribution in [2.45, 2.75) is 0 Å². The molecular weight excluding hydrogens is 76.1 g/mol. The van der Waals surface area contributed by atoms with Crippen LogP contribution >= 0.6 is 0 Å². The number of hydrogen-bond acceptors (Lipinski definition) is 2. The minimum Gasteiger partial charge on any atom is -0.314 e. The van der Waals surface area contributed by atoms with E-state index in [0.717, 1.165) is 26.2 Å². The Balaban J connectivity index is 0.000000360. The van der Waals surface area contributed by atoms with Gasteiger partial charge in [-0.15, -0.1) is 0 Å². The van der Waals surface area contributed by atoms with Crippen LogP contribution in [-0.4, -0.2) is 26.2 Å². The van der Waals surface area contributed by atoms with Crippen molar-refractivity contribution in [1.29, 1.82) is 0 Å². The van der Waals surface area contributed by atoms with Gasteiger partial charge in [0.15, 0.2) is 0 Å². The van der Waals surface area contributed by atoms with Crippen LogP contribution in [0, 0.1) is 0 Å². The van der Waals surface area contributed by atoms with E-state index in [4.69, 9.17) is 0 Å². The second-order valence-corrected chi connectivity index (χ2v) is 1.50. The molecule has 2 heteroatoms. The maximum atomic E-state index is 3.22. The van der Waals surface area contributed by atoms with Gasteiger partial charge < -0.3 is 10.6 Å². The van der Waals surface area contributed by atoms with Crippen LogP contribution in [0.2, 0.25) is 0 Å². The molecule has 0 unspecified atom stereocenters. The van der Waals surface area contributed by atoms with Gasteiger partial charge in [-0.2, -0.15) is 0 Å². The summed E-state index contributed by atoms with van der Waals surface area (Å²) in [5, 5.41) is 6.44. The zero-order valence-electron chi connectivity index (χ0n) is 4.83. The van der Waals surface area contributed by atoms with Crippen molar-refractivity contribution < 1.29 is 1.43 Å². The molecule has 0 aromatic heterocycles. The summed E-state index contributed by atoms with van der Waals surface area (Å²) in [4.78, 5) is 0. The van der Waals surface area contributed by atoms with Gasteiger partial charge >= 0.3 is 1.43 Å². The second kappa shape index (κ2) is 2.16. The van der Waals surface area contributed by atoms with E-state index in [-0.39, 0.29) is 1.43 Å². The van der Waals surface area contributed by atoms with Gasteiger partial charge in [-0.1, -0.05) is 0 Å². The normalized spacial score (nSPS) is 24.0. The fourth-order valence-corrected chi connectivity index (χ4v) is 0.604. The van der Waals surface area contributed by atoms with Gasteiger partial charge in [0.25, 0.3) is 0 Å². The largest absolute Gasteiger partial charge is 1.00 e. The molecule has 0 spiro atoms. The summed E-state index contributed by atoms with van der Waals surface area (Å²) in [6.45, 7) is 4.56. The van der Waals surface area contributed by atoms with Crippen molar-refractivity contribution in [3.63, 3.8) is 0 Å². The molecule has 0 radical (unpaired) electrons. The van der Waals surface area contributed by atoms with Crippen molar-refractivity contribution in [2.24, 2.45) is 0 Å². The second-order valence-electron chi connectivity index (χ2n) is 1.50. The molecular formula is C4H11N2+. The fraction of sp³-hybridized carbons (Fsp3) is 1.00. The van der Waals surface area contributed by atoms with E-state index in [9.17, 15) is 0 Å². The standard InChI is InChI=1S/C4H10N2/c1-2-6-4-3-5-1/h5-6H,1-4H2/p+1. The highest BCUT2D eigenvalue weighted by Gasteiger charge is 1.91. The first-order valence-electron chi connectivity index (χ1n) is 2.41. The third-order valence-electron chi connectivity index (χ3n) is 0.957. The molecule has 1 aliphatic heterocycles. The Hall–Kier alpha value is -0.0800. The molecule has 6 heavy (non-hydrogen) atoms. The van der Waals surface area contributed by atoms with Gasteiger partial charge in [-0.25, -0.2) is 0 Å². The number of rotatable bonds is 0. The zero-order valence-corrected chi connectivity index (χ0v) is 3.83. The number of hydrogen-bond donors (Lipinski definition) is 2. The predicted molar refractivity (Wildman–Crippen MR) is 26.9 cm³/mol. The van der Waals surface area contributed by atoms with E-state index in [2.05, 4.69) is 10.6 Å². The molecule has 1 heterocycles. The molecule has 1 saturated heterocycles. The lowest BCUT2D eigenvalue weighted by atomic mass is 10.4. The molecule has 0 aromatic carbocycles. The lowest BCUT2D eigenvalue weighted by Crippen LogP contribution is -2.39. The Bertz CT molecular complexity index is 25.2. The van der Waals surface area contributed by atoms with E-state index < -0.39 is 0 Å². The van der Waals surface area contributed by atoms with Crippen LogP contribution in [0.3, 0.4) is 0 Å². The molecule has 1 aliphatic rings. The van der Waals surface area contributed by atoms with E-state index in [1.54, 1.807) is 0 Å². The highest BCUT2D eigenvalue weighted by atomic mass is 15.0. The smallest absolute Gasteiger partial charge is 0.314 e. The molecule has 0 atom stereocenters. The maximum absolute atomic E-state index is 3.22. The molecule has 1 rings (SSSR count). The average molecular weight is 87.1 g/mol. The number of piperazine rings is 1. The van der Waals surface area contributed by atoms with E-state index in [1.165, 1.54) is 0 Å². The van der Waals surface area contributed by atoms with E-state index >= 15 is 0 Å². The lowest BCUT2D eigenvalue weighted by Gasteiger charge is -2.11. The van der Waals surface area contributed by atoms with Gasteiger partial charge in [0.2, 0.25) is 0 Å². The van der Waals surface area contributed by atoms with Gasteiger partial charge in [0, 0.05) is 26.2 Å². The van der Waals surface area contributed by atoms with E-state index in [0.29, 0.717) is 0 Å². The summed E-state index contributed by atoms with van der Waals surface area (Å²) in [7, 11) is 0. The van der Waals surface area contributed by atoms with Crippen LogP contribution in [0.25, 0.3) is 0 Å². The Kier molecular flexibility index (Phi) is 1.47. The molecule has 0 bridgehead atoms. The van der Waals surface area contributed by atoms with Gasteiger partial charge in [-0.05, 0) is 0 Å². The van der Waals surface area contributed by atoms with Gasteiger partial charge in [0.1, 0.15) is 0 Å². The van der Waals surface area contributed by atoms with Crippen LogP contribution < -0.4 is 10.6 Å². The van der Waals surface area contributed by atoms with Crippen LogP contribution in [-0.2, 0) is 0 Å². The molecule has 2 N–H and O–H groups in total. The first kappa shape index (κ1) is 4.09. The molecule has 1 fully saturated rings. The third kappa shape index (κ3) is 0.954. The molecule has 0 aromatic rings. The van der Waals surface area contributed by atoms with Gasteiger partial charge in [0.05, 0.1) is 0 Å². The van der Waals surface area contributed by atoms with E-state index in [1.807, 2.05) is 0 Å². The zero-order chi connectivity index (χ0) is 4.24. The SMILES string of the molecule is C1CNCCN1.[H+]. The molecule has 36 valence electrons. The summed E-state index contributed by atoms with van der Waals surface area (Å²) in [6, 6.07) is 0. The predicted octanol–water partition coefficient (Wildman–Crippen LogP) is -0.708. The summed E-state index contributed by atoms with van der Waals surface area (Å²) in [6.07, 6.45) is 0. The topological polar surface area (TPSA) is 24.1 Å². The highest BCUT2D eigenvalue weighted by molar-refractivity contribution is 4.59. The maximum Gasteiger partial charge on any atom is 1.00 e. The first-order valence-corrected chi connectivity index (χ1v) is 2.41. The van der Waals surface area contributed by atoms with Crippen LogP contribution in [0.5, 0.6) is 0 Å². The quantitative estimate of drug-likeness (QED) is 0.408. The average Bonchev–Trinajstić information content (AvgIpc) is 1.72. The Morgan fingerprint density at radius 2 is 1.17 bits per heavy atom.